The van der Waals surface area contributed by atoms with Crippen molar-refractivity contribution in [1.82, 2.24) is 4.98 Å². The Morgan fingerprint density at radius 1 is 1.41 bits per heavy atom. The van der Waals surface area contributed by atoms with Crippen molar-refractivity contribution in [2.45, 2.75) is 25.4 Å². The molecule has 0 atom stereocenters. The van der Waals surface area contributed by atoms with E-state index in [9.17, 15) is 13.2 Å². The van der Waals surface area contributed by atoms with E-state index in [2.05, 4.69) is 4.98 Å². The summed E-state index contributed by atoms with van der Waals surface area (Å²) in [5, 5.41) is 0. The maximum atomic E-state index is 12.5. The minimum absolute atomic E-state index is 0.389. The predicted octanol–water partition coefficient (Wildman–Crippen LogP) is 3.34. The molecule has 0 unspecified atom stereocenters. The van der Waals surface area contributed by atoms with Gasteiger partial charge < -0.3 is 4.90 Å². The van der Waals surface area contributed by atoms with E-state index in [0.717, 1.165) is 31.0 Å². The van der Waals surface area contributed by atoms with E-state index in [1.165, 1.54) is 19.0 Å². The van der Waals surface area contributed by atoms with Crippen LogP contribution < -0.4 is 4.90 Å². The Morgan fingerprint density at radius 3 is 2.71 bits per heavy atom. The Bertz CT molecular complexity index is 386. The summed E-state index contributed by atoms with van der Waals surface area (Å²) >= 11 is 0. The molecule has 1 aromatic rings. The van der Waals surface area contributed by atoms with Gasteiger partial charge in [-0.3, -0.25) is 0 Å². The second-order valence-corrected chi connectivity index (χ2v) is 4.55. The molecule has 94 valence electrons. The summed E-state index contributed by atoms with van der Waals surface area (Å²) in [7, 11) is 1.78. The summed E-state index contributed by atoms with van der Waals surface area (Å²) in [5.41, 5.74) is -0.638. The van der Waals surface area contributed by atoms with Gasteiger partial charge in [-0.15, -0.1) is 0 Å². The van der Waals surface area contributed by atoms with E-state index in [-0.39, 0.29) is 0 Å². The molecule has 0 aliphatic heterocycles. The Balaban J connectivity index is 2.03. The van der Waals surface area contributed by atoms with Crippen LogP contribution in [-0.4, -0.2) is 18.6 Å². The van der Waals surface area contributed by atoms with Crippen LogP contribution in [0, 0.1) is 5.92 Å². The predicted molar refractivity (Wildman–Crippen MR) is 59.9 cm³/mol. The number of pyridine rings is 1. The smallest absolute Gasteiger partial charge is 0.360 e. The lowest BCUT2D eigenvalue weighted by Crippen LogP contribution is -2.20. The molecule has 2 rings (SSSR count). The summed E-state index contributed by atoms with van der Waals surface area (Å²) in [6.45, 7) is 0.763. The first-order chi connectivity index (χ1) is 7.97. The first-order valence-electron chi connectivity index (χ1n) is 5.71. The van der Waals surface area contributed by atoms with Crippen molar-refractivity contribution in [3.63, 3.8) is 0 Å². The highest BCUT2D eigenvalue weighted by Crippen LogP contribution is 2.33. The van der Waals surface area contributed by atoms with Crippen molar-refractivity contribution in [2.24, 2.45) is 5.92 Å². The van der Waals surface area contributed by atoms with Crippen molar-refractivity contribution in [1.29, 1.82) is 0 Å². The highest BCUT2D eigenvalue weighted by Gasteiger charge is 2.31. The quantitative estimate of drug-likeness (QED) is 0.807. The van der Waals surface area contributed by atoms with Gasteiger partial charge in [-0.1, -0.05) is 12.8 Å². The number of hydrogen-bond acceptors (Lipinski definition) is 2. The van der Waals surface area contributed by atoms with Crippen LogP contribution in [0.1, 0.15) is 24.8 Å². The lowest BCUT2D eigenvalue weighted by molar-refractivity contribution is -0.137. The SMILES string of the molecule is CN(CCC1CC1)c1cc(C(F)(F)F)ccn1. The van der Waals surface area contributed by atoms with Crippen LogP contribution in [0.5, 0.6) is 0 Å². The number of hydrogen-bond donors (Lipinski definition) is 0. The van der Waals surface area contributed by atoms with Gasteiger partial charge in [0.15, 0.2) is 0 Å². The molecule has 0 N–H and O–H groups in total. The highest BCUT2D eigenvalue weighted by atomic mass is 19.4. The number of nitrogens with zero attached hydrogens (tertiary/aromatic N) is 2. The van der Waals surface area contributed by atoms with Crippen LogP contribution in [0.4, 0.5) is 19.0 Å². The van der Waals surface area contributed by atoms with E-state index in [1.54, 1.807) is 11.9 Å². The third kappa shape index (κ3) is 3.35. The topological polar surface area (TPSA) is 16.1 Å². The molecule has 0 bridgehead atoms. The molecular formula is C12H15F3N2. The van der Waals surface area contributed by atoms with Gasteiger partial charge in [0, 0.05) is 19.8 Å². The first-order valence-corrected chi connectivity index (χ1v) is 5.71. The van der Waals surface area contributed by atoms with Crippen molar-refractivity contribution < 1.29 is 13.2 Å². The molecule has 2 nitrogen and oxygen atoms in total. The summed E-state index contributed by atoms with van der Waals surface area (Å²) in [6.07, 6.45) is 0.461. The normalized spacial score (nSPS) is 16.0. The number of aromatic nitrogens is 1. The summed E-state index contributed by atoms with van der Waals surface area (Å²) in [5.74, 6) is 1.16. The number of alkyl halides is 3. The number of anilines is 1. The molecule has 5 heteroatoms. The maximum absolute atomic E-state index is 12.5. The number of halogens is 3. The van der Waals surface area contributed by atoms with Crippen LogP contribution >= 0.6 is 0 Å². The van der Waals surface area contributed by atoms with E-state index < -0.39 is 11.7 Å². The van der Waals surface area contributed by atoms with Crippen LogP contribution in [0.2, 0.25) is 0 Å². The second-order valence-electron chi connectivity index (χ2n) is 4.55. The molecule has 1 fully saturated rings. The standard InChI is InChI=1S/C12H15F3N2/c1-17(7-5-9-2-3-9)11-8-10(4-6-16-11)12(13,14)15/h4,6,8-9H,2-3,5,7H2,1H3. The van der Waals surface area contributed by atoms with Crippen LogP contribution in [0.15, 0.2) is 18.3 Å². The third-order valence-electron chi connectivity index (χ3n) is 3.03. The maximum Gasteiger partial charge on any atom is 0.416 e. The minimum Gasteiger partial charge on any atom is -0.360 e. The fraction of sp³-hybridized carbons (Fsp3) is 0.583. The van der Waals surface area contributed by atoms with Crippen LogP contribution in [-0.2, 0) is 6.18 Å². The molecule has 17 heavy (non-hydrogen) atoms. The molecule has 0 amide bonds. The van der Waals surface area contributed by atoms with Crippen molar-refractivity contribution in [3.05, 3.63) is 23.9 Å². The molecule has 1 aliphatic carbocycles. The third-order valence-corrected chi connectivity index (χ3v) is 3.03. The van der Waals surface area contributed by atoms with Gasteiger partial charge in [0.2, 0.25) is 0 Å². The van der Waals surface area contributed by atoms with Crippen LogP contribution in [0.25, 0.3) is 0 Å². The lowest BCUT2D eigenvalue weighted by Gasteiger charge is -2.19. The average Bonchev–Trinajstić information content (AvgIpc) is 3.09. The van der Waals surface area contributed by atoms with Gasteiger partial charge in [-0.05, 0) is 24.5 Å². The van der Waals surface area contributed by atoms with Crippen molar-refractivity contribution in [3.8, 4) is 0 Å². The zero-order valence-electron chi connectivity index (χ0n) is 9.67. The van der Waals surface area contributed by atoms with Crippen molar-refractivity contribution in [2.75, 3.05) is 18.5 Å². The van der Waals surface area contributed by atoms with E-state index in [4.69, 9.17) is 0 Å². The molecule has 1 aromatic heterocycles. The molecule has 0 aromatic carbocycles. The Morgan fingerprint density at radius 2 is 2.12 bits per heavy atom. The zero-order chi connectivity index (χ0) is 12.5. The highest BCUT2D eigenvalue weighted by molar-refractivity contribution is 5.40. The largest absolute Gasteiger partial charge is 0.416 e. The van der Waals surface area contributed by atoms with Crippen molar-refractivity contribution >= 4 is 5.82 Å². The summed E-state index contributed by atoms with van der Waals surface area (Å²) < 4.78 is 37.5. The molecular weight excluding hydrogens is 229 g/mol. The van der Waals surface area contributed by atoms with Gasteiger partial charge in [0.25, 0.3) is 0 Å². The fourth-order valence-electron chi connectivity index (χ4n) is 1.70. The van der Waals surface area contributed by atoms with E-state index in [0.29, 0.717) is 5.82 Å². The van der Waals surface area contributed by atoms with Gasteiger partial charge >= 0.3 is 6.18 Å². The monoisotopic (exact) mass is 244 g/mol. The average molecular weight is 244 g/mol. The van der Waals surface area contributed by atoms with E-state index in [1.807, 2.05) is 0 Å². The van der Waals surface area contributed by atoms with Crippen LogP contribution in [0.3, 0.4) is 0 Å². The zero-order valence-corrected chi connectivity index (χ0v) is 9.67. The second kappa shape index (κ2) is 4.55. The first kappa shape index (κ1) is 12.2. The fourth-order valence-corrected chi connectivity index (χ4v) is 1.70. The minimum atomic E-state index is -4.30. The molecule has 1 aliphatic rings. The molecule has 0 spiro atoms. The summed E-state index contributed by atoms with van der Waals surface area (Å²) in [4.78, 5) is 5.76. The Labute approximate surface area is 98.5 Å². The molecule has 1 saturated carbocycles. The number of rotatable bonds is 4. The molecule has 0 saturated heterocycles. The van der Waals surface area contributed by atoms with Gasteiger partial charge in [-0.25, -0.2) is 4.98 Å². The molecule has 1 heterocycles. The Kier molecular flexibility index (Phi) is 3.26. The Hall–Kier alpha value is -1.26. The molecule has 0 radical (unpaired) electrons. The lowest BCUT2D eigenvalue weighted by atomic mass is 10.2. The van der Waals surface area contributed by atoms with E-state index >= 15 is 0 Å². The summed E-state index contributed by atoms with van der Waals surface area (Å²) in [6, 6.07) is 2.10. The van der Waals surface area contributed by atoms with Gasteiger partial charge in [0.05, 0.1) is 5.56 Å². The van der Waals surface area contributed by atoms with Gasteiger partial charge in [-0.2, -0.15) is 13.2 Å². The van der Waals surface area contributed by atoms with Gasteiger partial charge in [0.1, 0.15) is 5.82 Å².